The Balaban J connectivity index is 1.58. The number of hydrogen-bond acceptors (Lipinski definition) is 7. The Labute approximate surface area is 211 Å². The van der Waals surface area contributed by atoms with Gasteiger partial charge in [-0.05, 0) is 55.9 Å². The molecule has 2 fully saturated rings. The van der Waals surface area contributed by atoms with E-state index in [0.29, 0.717) is 24.7 Å². The van der Waals surface area contributed by atoms with Gasteiger partial charge in [-0.3, -0.25) is 4.79 Å². The second-order valence-corrected chi connectivity index (χ2v) is 10.8. The SMILES string of the molecule is CCN1CCN(c2ccc(S(=O)(=O)N3CCOCC3)cc2NC(=O)[C@@H](C)Oc2ccc(F)cc2)CC1. The zero-order valence-corrected chi connectivity index (χ0v) is 21.5. The molecule has 2 aliphatic rings. The van der Waals surface area contributed by atoms with Crippen molar-refractivity contribution in [3.05, 3.63) is 48.3 Å². The van der Waals surface area contributed by atoms with E-state index >= 15 is 0 Å². The first-order valence-corrected chi connectivity index (χ1v) is 13.6. The molecule has 36 heavy (non-hydrogen) atoms. The number of morpholine rings is 1. The van der Waals surface area contributed by atoms with Crippen molar-refractivity contribution < 1.29 is 27.1 Å². The maximum absolute atomic E-state index is 13.3. The lowest BCUT2D eigenvalue weighted by Crippen LogP contribution is -2.46. The summed E-state index contributed by atoms with van der Waals surface area (Å²) < 4.78 is 52.1. The van der Waals surface area contributed by atoms with Crippen LogP contribution >= 0.6 is 0 Å². The molecule has 1 amide bonds. The van der Waals surface area contributed by atoms with Gasteiger partial charge in [0.05, 0.1) is 29.5 Å². The van der Waals surface area contributed by atoms with Crippen molar-refractivity contribution in [2.45, 2.75) is 24.8 Å². The molecule has 0 aliphatic carbocycles. The van der Waals surface area contributed by atoms with Gasteiger partial charge in [-0.25, -0.2) is 12.8 Å². The van der Waals surface area contributed by atoms with E-state index < -0.39 is 27.9 Å². The zero-order valence-electron chi connectivity index (χ0n) is 20.7. The maximum atomic E-state index is 13.3. The molecule has 9 nitrogen and oxygen atoms in total. The number of carbonyl (C=O) groups excluding carboxylic acids is 1. The molecule has 0 unspecified atom stereocenters. The lowest BCUT2D eigenvalue weighted by Gasteiger charge is -2.36. The van der Waals surface area contributed by atoms with Gasteiger partial charge in [-0.2, -0.15) is 4.31 Å². The fourth-order valence-electron chi connectivity index (χ4n) is 4.30. The van der Waals surface area contributed by atoms with Gasteiger partial charge in [-0.1, -0.05) is 6.92 Å². The highest BCUT2D eigenvalue weighted by Crippen LogP contribution is 2.31. The average molecular weight is 521 g/mol. The Morgan fingerprint density at radius 2 is 1.72 bits per heavy atom. The second kappa shape index (κ2) is 11.5. The van der Waals surface area contributed by atoms with E-state index in [0.717, 1.165) is 38.4 Å². The highest BCUT2D eigenvalue weighted by atomic mass is 32.2. The number of nitrogens with zero attached hydrogens (tertiary/aromatic N) is 3. The van der Waals surface area contributed by atoms with E-state index in [9.17, 15) is 17.6 Å². The lowest BCUT2D eigenvalue weighted by atomic mass is 10.2. The first-order chi connectivity index (χ1) is 17.3. The number of ether oxygens (including phenoxy) is 2. The third-order valence-corrected chi connectivity index (χ3v) is 8.38. The smallest absolute Gasteiger partial charge is 0.265 e. The number of benzene rings is 2. The molecule has 2 aromatic rings. The highest BCUT2D eigenvalue weighted by Gasteiger charge is 2.29. The summed E-state index contributed by atoms with van der Waals surface area (Å²) in [7, 11) is -3.74. The molecule has 0 bridgehead atoms. The Morgan fingerprint density at radius 3 is 2.36 bits per heavy atom. The predicted molar refractivity (Wildman–Crippen MR) is 135 cm³/mol. The van der Waals surface area contributed by atoms with Crippen LogP contribution < -0.4 is 15.0 Å². The molecule has 2 aliphatic heterocycles. The van der Waals surface area contributed by atoms with E-state index in [1.807, 2.05) is 0 Å². The van der Waals surface area contributed by atoms with Crippen LogP contribution in [-0.4, -0.2) is 88.7 Å². The zero-order chi connectivity index (χ0) is 25.7. The summed E-state index contributed by atoms with van der Waals surface area (Å²) in [6.07, 6.45) is -0.889. The van der Waals surface area contributed by atoms with Gasteiger partial charge in [-0.15, -0.1) is 0 Å². The first kappa shape index (κ1) is 26.3. The van der Waals surface area contributed by atoms with Crippen LogP contribution in [0.3, 0.4) is 0 Å². The van der Waals surface area contributed by atoms with Gasteiger partial charge < -0.3 is 24.6 Å². The normalized spacial score (nSPS) is 18.6. The van der Waals surface area contributed by atoms with Crippen molar-refractivity contribution in [2.75, 3.05) is 69.2 Å². The number of piperazine rings is 1. The average Bonchev–Trinajstić information content (AvgIpc) is 2.90. The van der Waals surface area contributed by atoms with Gasteiger partial charge in [0, 0.05) is 39.3 Å². The standard InChI is InChI=1S/C25H33FN4O5S/c1-3-28-10-12-29(13-11-28)24-9-8-22(36(32,33)30-14-16-34-17-15-30)18-23(24)27-25(31)19(2)35-21-6-4-20(26)5-7-21/h4-9,18-19H,3,10-17H2,1-2H3,(H,27,31)/t19-/m1/s1. The van der Waals surface area contributed by atoms with Crippen molar-refractivity contribution in [1.29, 1.82) is 0 Å². The van der Waals surface area contributed by atoms with Crippen molar-refractivity contribution >= 4 is 27.3 Å². The number of amides is 1. The molecule has 0 radical (unpaired) electrons. The van der Waals surface area contributed by atoms with Crippen molar-refractivity contribution in [3.8, 4) is 5.75 Å². The van der Waals surface area contributed by atoms with Gasteiger partial charge in [0.2, 0.25) is 10.0 Å². The molecule has 196 valence electrons. The van der Waals surface area contributed by atoms with E-state index in [-0.39, 0.29) is 18.0 Å². The van der Waals surface area contributed by atoms with Gasteiger partial charge in [0.1, 0.15) is 11.6 Å². The predicted octanol–water partition coefficient (Wildman–Crippen LogP) is 2.39. The Bertz CT molecular complexity index is 1150. The summed E-state index contributed by atoms with van der Waals surface area (Å²) in [5.74, 6) is -0.474. The number of anilines is 2. The van der Waals surface area contributed by atoms with Crippen LogP contribution in [0.2, 0.25) is 0 Å². The number of carbonyl (C=O) groups is 1. The molecule has 11 heteroatoms. The number of rotatable bonds is 8. The minimum absolute atomic E-state index is 0.114. The van der Waals surface area contributed by atoms with E-state index in [1.165, 1.54) is 34.6 Å². The van der Waals surface area contributed by atoms with Crippen LogP contribution in [-0.2, 0) is 19.6 Å². The Hall–Kier alpha value is -2.73. The second-order valence-electron chi connectivity index (χ2n) is 8.82. The molecule has 2 heterocycles. The quantitative estimate of drug-likeness (QED) is 0.572. The fraction of sp³-hybridized carbons (Fsp3) is 0.480. The lowest BCUT2D eigenvalue weighted by molar-refractivity contribution is -0.122. The number of nitrogens with one attached hydrogen (secondary N) is 1. The third-order valence-electron chi connectivity index (χ3n) is 6.49. The molecule has 2 aromatic carbocycles. The van der Waals surface area contributed by atoms with Gasteiger partial charge in [0.25, 0.3) is 5.91 Å². The molecular formula is C25H33FN4O5S. The van der Waals surface area contributed by atoms with E-state index in [1.54, 1.807) is 19.1 Å². The first-order valence-electron chi connectivity index (χ1n) is 12.2. The van der Waals surface area contributed by atoms with Crippen LogP contribution in [0.4, 0.5) is 15.8 Å². The largest absolute Gasteiger partial charge is 0.481 e. The summed E-state index contributed by atoms with van der Waals surface area (Å²) >= 11 is 0. The Morgan fingerprint density at radius 1 is 1.06 bits per heavy atom. The van der Waals surface area contributed by atoms with Crippen molar-refractivity contribution in [1.82, 2.24) is 9.21 Å². The van der Waals surface area contributed by atoms with Crippen LogP contribution in [0.5, 0.6) is 5.75 Å². The number of likely N-dealkylation sites (N-methyl/N-ethyl adjacent to an activating group) is 1. The summed E-state index contributed by atoms with van der Waals surface area (Å²) in [4.78, 5) is 17.7. The molecule has 1 N–H and O–H groups in total. The monoisotopic (exact) mass is 520 g/mol. The van der Waals surface area contributed by atoms with Crippen molar-refractivity contribution in [3.63, 3.8) is 0 Å². The molecule has 4 rings (SSSR count). The minimum Gasteiger partial charge on any atom is -0.481 e. The molecule has 0 spiro atoms. The van der Waals surface area contributed by atoms with E-state index in [4.69, 9.17) is 9.47 Å². The van der Waals surface area contributed by atoms with Crippen LogP contribution in [0.1, 0.15) is 13.8 Å². The van der Waals surface area contributed by atoms with Crippen LogP contribution in [0.25, 0.3) is 0 Å². The maximum Gasteiger partial charge on any atom is 0.265 e. The molecule has 2 saturated heterocycles. The summed E-state index contributed by atoms with van der Waals surface area (Å²) in [6, 6.07) is 10.3. The molecular weight excluding hydrogens is 487 g/mol. The molecule has 0 saturated carbocycles. The van der Waals surface area contributed by atoms with Crippen molar-refractivity contribution in [2.24, 2.45) is 0 Å². The van der Waals surface area contributed by atoms with E-state index in [2.05, 4.69) is 22.0 Å². The summed E-state index contributed by atoms with van der Waals surface area (Å²) in [5.41, 5.74) is 1.17. The summed E-state index contributed by atoms with van der Waals surface area (Å²) in [5, 5.41) is 2.88. The number of hydrogen-bond donors (Lipinski definition) is 1. The third kappa shape index (κ3) is 6.15. The number of halogens is 1. The molecule has 0 aromatic heterocycles. The minimum atomic E-state index is -3.74. The molecule has 1 atom stereocenters. The summed E-state index contributed by atoms with van der Waals surface area (Å²) in [6.45, 7) is 9.21. The van der Waals surface area contributed by atoms with Crippen LogP contribution in [0.15, 0.2) is 47.4 Å². The van der Waals surface area contributed by atoms with Gasteiger partial charge in [0.15, 0.2) is 6.10 Å². The van der Waals surface area contributed by atoms with Crippen LogP contribution in [0, 0.1) is 5.82 Å². The Kier molecular flexibility index (Phi) is 8.45. The van der Waals surface area contributed by atoms with Gasteiger partial charge >= 0.3 is 0 Å². The fourth-order valence-corrected chi connectivity index (χ4v) is 5.73. The number of sulfonamides is 1. The topological polar surface area (TPSA) is 91.4 Å². The highest BCUT2D eigenvalue weighted by molar-refractivity contribution is 7.89.